The molecule has 14 heteroatoms. The van der Waals surface area contributed by atoms with E-state index in [-0.39, 0.29) is 12.5 Å². The fourth-order valence-electron chi connectivity index (χ4n) is 10.1. The molecule has 0 saturated carbocycles. The number of nitrogens with one attached hydrogen (secondary N) is 1. The average molecular weight is 1070 g/mol. The molecule has 2 heterocycles. The van der Waals surface area contributed by atoms with E-state index in [1.165, 1.54) is 161 Å². The Bertz CT molecular complexity index is 1400. The maximum absolute atomic E-state index is 13.2. The molecule has 2 fully saturated rings. The molecule has 0 aliphatic carbocycles. The Morgan fingerprint density at radius 2 is 0.880 bits per heavy atom. The molecular weight excluding hydrogens is 955 g/mol. The molecule has 12 unspecified atom stereocenters. The van der Waals surface area contributed by atoms with E-state index in [0.29, 0.717) is 12.8 Å². The molecule has 2 aliphatic heterocycles. The molecule has 2 saturated heterocycles. The molecule has 440 valence electrons. The van der Waals surface area contributed by atoms with E-state index >= 15 is 0 Å². The van der Waals surface area contributed by atoms with Gasteiger partial charge in [-0.15, -0.1) is 0 Å². The minimum Gasteiger partial charge on any atom is -0.394 e. The van der Waals surface area contributed by atoms with Crippen molar-refractivity contribution in [3.8, 4) is 0 Å². The van der Waals surface area contributed by atoms with Gasteiger partial charge in [0.1, 0.15) is 48.8 Å². The highest BCUT2D eigenvalue weighted by atomic mass is 16.7. The first-order valence-electron chi connectivity index (χ1n) is 30.7. The van der Waals surface area contributed by atoms with E-state index in [2.05, 4.69) is 55.6 Å². The van der Waals surface area contributed by atoms with Gasteiger partial charge in [-0.3, -0.25) is 4.79 Å². The number of ether oxygens (including phenoxy) is 4. The Morgan fingerprint density at radius 3 is 1.35 bits per heavy atom. The van der Waals surface area contributed by atoms with Crippen LogP contribution in [0.3, 0.4) is 0 Å². The summed E-state index contributed by atoms with van der Waals surface area (Å²) >= 11 is 0. The lowest BCUT2D eigenvalue weighted by molar-refractivity contribution is -0.359. The Morgan fingerprint density at radius 1 is 0.480 bits per heavy atom. The number of hydrogen-bond acceptors (Lipinski definition) is 13. The third-order valence-electron chi connectivity index (χ3n) is 15.1. The largest absolute Gasteiger partial charge is 0.394 e. The quantitative estimate of drug-likeness (QED) is 0.0204. The van der Waals surface area contributed by atoms with Crippen molar-refractivity contribution in [2.24, 2.45) is 0 Å². The van der Waals surface area contributed by atoms with Crippen LogP contribution in [0, 0.1) is 0 Å². The maximum Gasteiger partial charge on any atom is 0.220 e. The first-order valence-corrected chi connectivity index (χ1v) is 30.7. The van der Waals surface area contributed by atoms with Crippen LogP contribution in [0.4, 0.5) is 0 Å². The summed E-state index contributed by atoms with van der Waals surface area (Å²) in [5.41, 5.74) is 0. The lowest BCUT2D eigenvalue weighted by Gasteiger charge is -2.46. The lowest BCUT2D eigenvalue weighted by atomic mass is 9.97. The third-order valence-corrected chi connectivity index (χ3v) is 15.1. The SMILES string of the molecule is CCCCCCC/C=C\C/C=C\C/C=C\CCCCCCCCCCCCCCCCCCCCC(=O)NC(COC1OC(CO)C(OC2OC(CO)C(O)C(O)C2O)C(O)C1O)C(O)CCCCCCCCCC. The summed E-state index contributed by atoms with van der Waals surface area (Å²) in [4.78, 5) is 13.2. The number of aliphatic hydroxyl groups is 8. The highest BCUT2D eigenvalue weighted by molar-refractivity contribution is 5.76. The topological polar surface area (TPSA) is 228 Å². The Balaban J connectivity index is 1.57. The van der Waals surface area contributed by atoms with Crippen molar-refractivity contribution in [2.75, 3.05) is 19.8 Å². The summed E-state index contributed by atoms with van der Waals surface area (Å²) in [6.45, 7) is 2.81. The van der Waals surface area contributed by atoms with Crippen molar-refractivity contribution in [2.45, 2.75) is 325 Å². The number of allylic oxidation sites excluding steroid dienone is 6. The molecule has 0 aromatic rings. The van der Waals surface area contributed by atoms with E-state index in [4.69, 9.17) is 18.9 Å². The number of unbranched alkanes of at least 4 members (excludes halogenated alkanes) is 30. The summed E-state index contributed by atoms with van der Waals surface area (Å²) < 4.78 is 22.7. The second-order valence-electron chi connectivity index (χ2n) is 21.8. The van der Waals surface area contributed by atoms with Gasteiger partial charge in [-0.2, -0.15) is 0 Å². The standard InChI is InChI=1S/C61H113NO13/c1-3-5-7-9-11-13-14-15-16-17-18-19-20-21-22-23-24-25-26-27-28-29-30-31-32-33-34-35-36-37-39-41-43-45-53(66)62-49(50(65)44-42-40-38-12-10-8-6-4-2)48-72-60-58(71)56(69)59(52(47-64)74-60)75-61-57(70)55(68)54(67)51(46-63)73-61/h14-15,17-18,20-21,49-52,54-61,63-65,67-71H,3-13,16,19,22-48H2,1-2H3,(H,62,66)/b15-14-,18-17-,21-20-. The van der Waals surface area contributed by atoms with E-state index in [1.54, 1.807) is 0 Å². The number of amides is 1. The average Bonchev–Trinajstić information content (AvgIpc) is 3.41. The predicted molar refractivity (Wildman–Crippen MR) is 300 cm³/mol. The molecular formula is C61H113NO13. The van der Waals surface area contributed by atoms with Crippen LogP contribution in [-0.4, -0.2) is 140 Å². The van der Waals surface area contributed by atoms with E-state index in [0.717, 1.165) is 64.2 Å². The maximum atomic E-state index is 13.2. The van der Waals surface area contributed by atoms with Crippen LogP contribution < -0.4 is 5.32 Å². The molecule has 0 spiro atoms. The van der Waals surface area contributed by atoms with Crippen LogP contribution >= 0.6 is 0 Å². The van der Waals surface area contributed by atoms with Gasteiger partial charge in [0.2, 0.25) is 5.91 Å². The molecule has 0 bridgehead atoms. The van der Waals surface area contributed by atoms with Crippen LogP contribution in [0.1, 0.15) is 251 Å². The minimum atomic E-state index is -1.78. The van der Waals surface area contributed by atoms with Crippen molar-refractivity contribution in [3.05, 3.63) is 36.5 Å². The number of aliphatic hydroxyl groups excluding tert-OH is 8. The number of hydrogen-bond donors (Lipinski definition) is 9. The van der Waals surface area contributed by atoms with Gasteiger partial charge in [-0.25, -0.2) is 0 Å². The van der Waals surface area contributed by atoms with Gasteiger partial charge in [0.25, 0.3) is 0 Å². The van der Waals surface area contributed by atoms with Gasteiger partial charge in [0.15, 0.2) is 12.6 Å². The fourth-order valence-corrected chi connectivity index (χ4v) is 10.1. The van der Waals surface area contributed by atoms with E-state index < -0.39 is 86.8 Å². The molecule has 0 radical (unpaired) electrons. The van der Waals surface area contributed by atoms with Gasteiger partial charge >= 0.3 is 0 Å². The highest BCUT2D eigenvalue weighted by Crippen LogP contribution is 2.30. The van der Waals surface area contributed by atoms with Crippen molar-refractivity contribution < 1.29 is 64.6 Å². The van der Waals surface area contributed by atoms with Crippen molar-refractivity contribution >= 4 is 5.91 Å². The summed E-state index contributed by atoms with van der Waals surface area (Å²) in [6, 6.07) is -0.825. The third kappa shape index (κ3) is 32.8. The second kappa shape index (κ2) is 47.1. The minimum absolute atomic E-state index is 0.208. The number of rotatable bonds is 49. The van der Waals surface area contributed by atoms with Crippen LogP contribution in [0.2, 0.25) is 0 Å². The van der Waals surface area contributed by atoms with Crippen LogP contribution in [-0.2, 0) is 23.7 Å². The van der Waals surface area contributed by atoms with Gasteiger partial charge in [-0.1, -0.05) is 230 Å². The first-order chi connectivity index (χ1) is 36.6. The summed E-state index contributed by atoms with van der Waals surface area (Å²) in [6.07, 6.45) is 40.5. The molecule has 2 aliphatic rings. The van der Waals surface area contributed by atoms with Crippen LogP contribution in [0.5, 0.6) is 0 Å². The molecule has 0 aromatic heterocycles. The monoisotopic (exact) mass is 1070 g/mol. The summed E-state index contributed by atoms with van der Waals surface area (Å²) in [7, 11) is 0. The molecule has 1 amide bonds. The molecule has 0 aromatic carbocycles. The Labute approximate surface area is 455 Å². The lowest BCUT2D eigenvalue weighted by Crippen LogP contribution is -2.65. The first kappa shape index (κ1) is 69.3. The summed E-state index contributed by atoms with van der Waals surface area (Å²) in [5.74, 6) is -0.208. The fraction of sp³-hybridized carbons (Fsp3) is 0.885. The van der Waals surface area contributed by atoms with E-state index in [9.17, 15) is 45.6 Å². The molecule has 14 nitrogen and oxygen atoms in total. The van der Waals surface area contributed by atoms with Crippen molar-refractivity contribution in [3.63, 3.8) is 0 Å². The predicted octanol–water partition coefficient (Wildman–Crippen LogP) is 10.6. The zero-order valence-electron chi connectivity index (χ0n) is 47.3. The normalized spacial score (nSPS) is 25.3. The van der Waals surface area contributed by atoms with Gasteiger partial charge in [-0.05, 0) is 51.4 Å². The number of carbonyl (C=O) groups excluding carboxylic acids is 1. The van der Waals surface area contributed by atoms with Crippen molar-refractivity contribution in [1.82, 2.24) is 5.32 Å². The smallest absolute Gasteiger partial charge is 0.220 e. The molecule has 9 N–H and O–H groups in total. The Kier molecular flexibility index (Phi) is 43.5. The molecule has 75 heavy (non-hydrogen) atoms. The number of carbonyl (C=O) groups is 1. The molecule has 12 atom stereocenters. The van der Waals surface area contributed by atoms with Crippen LogP contribution in [0.15, 0.2) is 36.5 Å². The Hall–Kier alpha value is -1.79. The van der Waals surface area contributed by atoms with Gasteiger partial charge in [0, 0.05) is 6.42 Å². The van der Waals surface area contributed by atoms with Gasteiger partial charge in [0.05, 0.1) is 32.0 Å². The van der Waals surface area contributed by atoms with Crippen molar-refractivity contribution in [1.29, 1.82) is 0 Å². The highest BCUT2D eigenvalue weighted by Gasteiger charge is 2.51. The van der Waals surface area contributed by atoms with Gasteiger partial charge < -0.3 is 65.1 Å². The summed E-state index contributed by atoms with van der Waals surface area (Å²) in [5, 5.41) is 86.9. The van der Waals surface area contributed by atoms with Crippen LogP contribution in [0.25, 0.3) is 0 Å². The second-order valence-corrected chi connectivity index (χ2v) is 21.8. The molecule has 2 rings (SSSR count). The zero-order chi connectivity index (χ0) is 54.6. The van der Waals surface area contributed by atoms with E-state index in [1.807, 2.05) is 0 Å². The zero-order valence-corrected chi connectivity index (χ0v) is 47.3.